The maximum atomic E-state index is 13.4. The van der Waals surface area contributed by atoms with E-state index in [-0.39, 0.29) is 34.6 Å². The van der Waals surface area contributed by atoms with Gasteiger partial charge in [-0.2, -0.15) is 0 Å². The van der Waals surface area contributed by atoms with Gasteiger partial charge >= 0.3 is 0 Å². The molecule has 1 aliphatic rings. The molecule has 0 fully saturated rings. The summed E-state index contributed by atoms with van der Waals surface area (Å²) in [4.78, 5) is 12.5. The first-order valence-corrected chi connectivity index (χ1v) is 9.69. The van der Waals surface area contributed by atoms with E-state index in [0.29, 0.717) is 0 Å². The fourth-order valence-electron chi connectivity index (χ4n) is 2.73. The molecule has 27 heavy (non-hydrogen) atoms. The van der Waals surface area contributed by atoms with E-state index in [9.17, 15) is 22.0 Å². The van der Waals surface area contributed by atoms with Crippen LogP contribution in [0.3, 0.4) is 0 Å². The van der Waals surface area contributed by atoms with Crippen LogP contribution in [0.25, 0.3) is 0 Å². The molecule has 1 atom stereocenters. The van der Waals surface area contributed by atoms with Gasteiger partial charge < -0.3 is 14.6 Å². The van der Waals surface area contributed by atoms with Gasteiger partial charge in [0.05, 0.1) is 6.04 Å². The van der Waals surface area contributed by atoms with Gasteiger partial charge in [0.25, 0.3) is 5.91 Å². The molecule has 0 unspecified atom stereocenters. The van der Waals surface area contributed by atoms with Gasteiger partial charge in [-0.3, -0.25) is 4.79 Å². The van der Waals surface area contributed by atoms with Gasteiger partial charge in [-0.1, -0.05) is 13.8 Å². The summed E-state index contributed by atoms with van der Waals surface area (Å²) in [5.74, 6) is -2.95. The van der Waals surface area contributed by atoms with Crippen LogP contribution < -0.4 is 14.8 Å². The molecular formula is C17H19F2N3O4S. The number of nitrogens with one attached hydrogen (secondary N) is 2. The highest BCUT2D eigenvalue weighted by Crippen LogP contribution is 2.33. The summed E-state index contributed by atoms with van der Waals surface area (Å²) in [6.45, 7) is 3.76. The monoisotopic (exact) mass is 399 g/mol. The van der Waals surface area contributed by atoms with Crippen LogP contribution in [0.5, 0.6) is 5.75 Å². The van der Waals surface area contributed by atoms with Crippen molar-refractivity contribution >= 4 is 21.6 Å². The van der Waals surface area contributed by atoms with Crippen molar-refractivity contribution in [2.45, 2.75) is 24.8 Å². The lowest BCUT2D eigenvalue weighted by atomic mass is 10.1. The van der Waals surface area contributed by atoms with Crippen LogP contribution in [-0.4, -0.2) is 31.5 Å². The third-order valence-electron chi connectivity index (χ3n) is 4.30. The van der Waals surface area contributed by atoms with E-state index in [4.69, 9.17) is 4.74 Å². The highest BCUT2D eigenvalue weighted by molar-refractivity contribution is 7.89. The zero-order valence-electron chi connectivity index (χ0n) is 14.9. The first-order valence-electron chi connectivity index (χ1n) is 8.21. The maximum Gasteiger partial charge on any atom is 0.276 e. The normalized spacial score (nSPS) is 18.5. The van der Waals surface area contributed by atoms with Crippen LogP contribution in [0.15, 0.2) is 29.3 Å². The van der Waals surface area contributed by atoms with E-state index in [0.717, 1.165) is 12.1 Å². The molecule has 0 saturated heterocycles. The molecule has 2 N–H and O–H groups in total. The molecule has 1 aliphatic heterocycles. The second kappa shape index (κ2) is 6.93. The Hall–Kier alpha value is -2.46. The number of nitrogens with zero attached hydrogens (tertiary/aromatic N) is 1. The summed E-state index contributed by atoms with van der Waals surface area (Å²) in [6, 6.07) is 2.47. The molecule has 0 bridgehead atoms. The SMILES string of the molecule is CC(C)[C@H]1COc2c(cn(C)c2C(=O)Nc2ccc(F)c(F)c2)S(=O)(=O)N1. The molecular weight excluding hydrogens is 380 g/mol. The Morgan fingerprint density at radius 3 is 2.67 bits per heavy atom. The summed E-state index contributed by atoms with van der Waals surface area (Å²) in [5, 5.41) is 2.42. The summed E-state index contributed by atoms with van der Waals surface area (Å²) >= 11 is 0. The first kappa shape index (κ1) is 19.3. The zero-order chi connectivity index (χ0) is 19.9. The van der Waals surface area contributed by atoms with E-state index < -0.39 is 33.6 Å². The largest absolute Gasteiger partial charge is 0.488 e. The minimum absolute atomic E-state index is 0.0167. The lowest BCUT2D eigenvalue weighted by molar-refractivity contribution is 0.101. The number of sulfonamides is 1. The van der Waals surface area contributed by atoms with Gasteiger partial charge in [0.1, 0.15) is 11.5 Å². The predicted octanol–water partition coefficient (Wildman–Crippen LogP) is 2.25. The van der Waals surface area contributed by atoms with Gasteiger partial charge in [-0.05, 0) is 18.1 Å². The Bertz CT molecular complexity index is 1000. The third kappa shape index (κ3) is 3.67. The van der Waals surface area contributed by atoms with Crippen molar-refractivity contribution in [1.29, 1.82) is 0 Å². The van der Waals surface area contributed by atoms with E-state index in [1.165, 1.54) is 23.9 Å². The number of ether oxygens (including phenoxy) is 1. The number of aryl methyl sites for hydroxylation is 1. The molecule has 1 aromatic heterocycles. The second-order valence-corrected chi connectivity index (χ2v) is 8.33. The van der Waals surface area contributed by atoms with Crippen molar-refractivity contribution in [3.63, 3.8) is 0 Å². The molecule has 1 aromatic carbocycles. The number of benzene rings is 1. The predicted molar refractivity (Wildman–Crippen MR) is 94.2 cm³/mol. The minimum atomic E-state index is -3.88. The van der Waals surface area contributed by atoms with Crippen LogP contribution in [0.4, 0.5) is 14.5 Å². The summed E-state index contributed by atoms with van der Waals surface area (Å²) in [6.07, 6.45) is 1.28. The molecule has 1 amide bonds. The van der Waals surface area contributed by atoms with Crippen LogP contribution in [0, 0.1) is 17.6 Å². The number of rotatable bonds is 3. The zero-order valence-corrected chi connectivity index (χ0v) is 15.7. The highest BCUT2D eigenvalue weighted by atomic mass is 32.2. The lowest BCUT2D eigenvalue weighted by Gasteiger charge is -2.18. The lowest BCUT2D eigenvalue weighted by Crippen LogP contribution is -2.40. The Kier molecular flexibility index (Phi) is 4.96. The summed E-state index contributed by atoms with van der Waals surface area (Å²) < 4.78 is 61.2. The molecule has 2 aromatic rings. The summed E-state index contributed by atoms with van der Waals surface area (Å²) in [7, 11) is -2.38. The van der Waals surface area contributed by atoms with Crippen LogP contribution in [0.2, 0.25) is 0 Å². The van der Waals surface area contributed by atoms with Crippen molar-refractivity contribution in [3.05, 3.63) is 41.7 Å². The van der Waals surface area contributed by atoms with Crippen molar-refractivity contribution in [2.24, 2.45) is 13.0 Å². The second-order valence-electron chi connectivity index (χ2n) is 6.65. The Morgan fingerprint density at radius 2 is 2.04 bits per heavy atom. The topological polar surface area (TPSA) is 89.4 Å². The molecule has 0 radical (unpaired) electrons. The Morgan fingerprint density at radius 1 is 1.33 bits per heavy atom. The van der Waals surface area contributed by atoms with E-state index in [2.05, 4.69) is 10.0 Å². The molecule has 3 rings (SSSR count). The van der Waals surface area contributed by atoms with E-state index in [1.54, 1.807) is 0 Å². The van der Waals surface area contributed by atoms with Gasteiger partial charge in [0.15, 0.2) is 23.1 Å². The quantitative estimate of drug-likeness (QED) is 0.829. The molecule has 0 aliphatic carbocycles. The fraction of sp³-hybridized carbons (Fsp3) is 0.353. The molecule has 146 valence electrons. The number of hydrogen-bond acceptors (Lipinski definition) is 4. The van der Waals surface area contributed by atoms with Crippen molar-refractivity contribution in [1.82, 2.24) is 9.29 Å². The van der Waals surface area contributed by atoms with Crippen molar-refractivity contribution in [2.75, 3.05) is 11.9 Å². The molecule has 7 nitrogen and oxygen atoms in total. The number of carbonyl (C=O) groups excluding carboxylic acids is 1. The number of aromatic nitrogens is 1. The van der Waals surface area contributed by atoms with Crippen LogP contribution >= 0.6 is 0 Å². The molecule has 0 saturated carbocycles. The van der Waals surface area contributed by atoms with Crippen LogP contribution in [0.1, 0.15) is 24.3 Å². The van der Waals surface area contributed by atoms with Gasteiger partial charge in [0, 0.05) is 25.0 Å². The van der Waals surface area contributed by atoms with Gasteiger partial charge in [0.2, 0.25) is 10.0 Å². The van der Waals surface area contributed by atoms with Crippen molar-refractivity contribution in [3.8, 4) is 5.75 Å². The highest BCUT2D eigenvalue weighted by Gasteiger charge is 2.35. The smallest absolute Gasteiger partial charge is 0.276 e. The molecule has 10 heteroatoms. The number of amides is 1. The third-order valence-corrected chi connectivity index (χ3v) is 5.79. The fourth-order valence-corrected chi connectivity index (χ4v) is 4.30. The Labute approximate surface area is 155 Å². The number of hydrogen-bond donors (Lipinski definition) is 2. The average Bonchev–Trinajstić information content (AvgIpc) is 2.85. The van der Waals surface area contributed by atoms with E-state index in [1.807, 2.05) is 13.8 Å². The van der Waals surface area contributed by atoms with Crippen molar-refractivity contribution < 1.29 is 26.7 Å². The number of fused-ring (bicyclic) bond motifs is 1. The standard InChI is InChI=1S/C17H19F2N3O4S/c1-9(2)13-8-26-16-14(27(24,25)21-13)7-22(3)15(16)17(23)20-10-4-5-11(18)12(19)6-10/h4-7,9,13,21H,8H2,1-3H3,(H,20,23)/t13-/m1/s1. The number of carbonyl (C=O) groups is 1. The maximum absolute atomic E-state index is 13.4. The number of halogens is 2. The van der Waals surface area contributed by atoms with Gasteiger partial charge in [-0.25, -0.2) is 21.9 Å². The first-order chi connectivity index (χ1) is 12.6. The van der Waals surface area contributed by atoms with Gasteiger partial charge in [-0.15, -0.1) is 0 Å². The van der Waals surface area contributed by atoms with E-state index >= 15 is 0 Å². The minimum Gasteiger partial charge on any atom is -0.488 e. The molecule has 2 heterocycles. The Balaban J connectivity index is 1.97. The number of anilines is 1. The molecule has 0 spiro atoms. The average molecular weight is 399 g/mol. The van der Waals surface area contributed by atoms with Crippen LogP contribution in [-0.2, 0) is 17.1 Å². The summed E-state index contributed by atoms with van der Waals surface area (Å²) in [5.41, 5.74) is -0.00646.